The summed E-state index contributed by atoms with van der Waals surface area (Å²) < 4.78 is 21.1. The fraction of sp³-hybridized carbons (Fsp3) is 0.467. The van der Waals surface area contributed by atoms with Crippen LogP contribution in [0.25, 0.3) is 0 Å². The van der Waals surface area contributed by atoms with Crippen LogP contribution in [0.2, 0.25) is 0 Å². The quantitative estimate of drug-likeness (QED) is 0.889. The van der Waals surface area contributed by atoms with Crippen molar-refractivity contribution in [1.82, 2.24) is 14.8 Å². The number of hydrogen-bond donors (Lipinski definition) is 1. The van der Waals surface area contributed by atoms with E-state index in [4.69, 9.17) is 4.74 Å². The van der Waals surface area contributed by atoms with Crippen LogP contribution in [0.4, 0.5) is 4.39 Å². The van der Waals surface area contributed by atoms with Gasteiger partial charge in [-0.3, -0.25) is 0 Å². The van der Waals surface area contributed by atoms with Crippen LogP contribution in [0.5, 0.6) is 5.75 Å². The van der Waals surface area contributed by atoms with Crippen molar-refractivity contribution in [2.45, 2.75) is 40.0 Å². The van der Waals surface area contributed by atoms with Crippen molar-refractivity contribution < 1.29 is 14.2 Å². The van der Waals surface area contributed by atoms with Crippen LogP contribution in [-0.4, -0.2) is 19.9 Å². The van der Waals surface area contributed by atoms with Gasteiger partial charge in [0.25, 0.3) is 0 Å². The third-order valence-electron chi connectivity index (χ3n) is 3.02. The molecule has 2 rings (SSSR count). The SMILES string of the molecule is CC(C)Cn1ncnc1COc1ccc(C(C)O)c(F)c1. The van der Waals surface area contributed by atoms with E-state index in [9.17, 15) is 9.50 Å². The maximum absolute atomic E-state index is 13.7. The van der Waals surface area contributed by atoms with Gasteiger partial charge in [-0.25, -0.2) is 14.1 Å². The molecular formula is C15H20FN3O2. The fourth-order valence-corrected chi connectivity index (χ4v) is 1.98. The highest BCUT2D eigenvalue weighted by molar-refractivity contribution is 5.30. The molecule has 1 N–H and O–H groups in total. The van der Waals surface area contributed by atoms with Crippen LogP contribution >= 0.6 is 0 Å². The smallest absolute Gasteiger partial charge is 0.164 e. The summed E-state index contributed by atoms with van der Waals surface area (Å²) in [6.07, 6.45) is 0.645. The molecule has 1 unspecified atom stereocenters. The number of halogens is 1. The number of aromatic nitrogens is 3. The lowest BCUT2D eigenvalue weighted by Gasteiger charge is -2.11. The zero-order chi connectivity index (χ0) is 15.4. The molecule has 0 amide bonds. The summed E-state index contributed by atoms with van der Waals surface area (Å²) >= 11 is 0. The number of aliphatic hydroxyl groups excluding tert-OH is 1. The Morgan fingerprint density at radius 2 is 2.10 bits per heavy atom. The zero-order valence-corrected chi connectivity index (χ0v) is 12.5. The van der Waals surface area contributed by atoms with E-state index in [1.54, 1.807) is 10.7 Å². The van der Waals surface area contributed by atoms with E-state index in [0.29, 0.717) is 17.5 Å². The van der Waals surface area contributed by atoms with Crippen LogP contribution in [0.3, 0.4) is 0 Å². The molecule has 0 radical (unpaired) electrons. The highest BCUT2D eigenvalue weighted by atomic mass is 19.1. The molecule has 6 heteroatoms. The first kappa shape index (κ1) is 15.4. The molecule has 0 saturated heterocycles. The third-order valence-corrected chi connectivity index (χ3v) is 3.02. The lowest BCUT2D eigenvalue weighted by atomic mass is 10.1. The third kappa shape index (κ3) is 4.01. The molecule has 1 aromatic heterocycles. The fourth-order valence-electron chi connectivity index (χ4n) is 1.98. The Balaban J connectivity index is 2.03. The van der Waals surface area contributed by atoms with Crippen molar-refractivity contribution in [3.8, 4) is 5.75 Å². The average molecular weight is 293 g/mol. The second kappa shape index (κ2) is 6.67. The first-order valence-corrected chi connectivity index (χ1v) is 6.94. The Morgan fingerprint density at radius 3 is 2.71 bits per heavy atom. The first-order chi connectivity index (χ1) is 9.97. The molecule has 1 aromatic carbocycles. The van der Waals surface area contributed by atoms with E-state index in [-0.39, 0.29) is 12.2 Å². The molecule has 1 heterocycles. The van der Waals surface area contributed by atoms with Gasteiger partial charge in [-0.2, -0.15) is 5.10 Å². The second-order valence-electron chi connectivity index (χ2n) is 5.40. The number of benzene rings is 1. The minimum atomic E-state index is -0.840. The molecule has 1 atom stereocenters. The number of hydrogen-bond acceptors (Lipinski definition) is 4. The molecule has 114 valence electrons. The van der Waals surface area contributed by atoms with Crippen molar-refractivity contribution in [2.75, 3.05) is 0 Å². The molecule has 0 bridgehead atoms. The molecule has 0 fully saturated rings. The van der Waals surface area contributed by atoms with Crippen LogP contribution in [0.1, 0.15) is 38.3 Å². The first-order valence-electron chi connectivity index (χ1n) is 6.94. The van der Waals surface area contributed by atoms with Gasteiger partial charge in [0.2, 0.25) is 0 Å². The van der Waals surface area contributed by atoms with E-state index in [1.807, 2.05) is 0 Å². The number of ether oxygens (including phenoxy) is 1. The Bertz CT molecular complexity index is 596. The highest BCUT2D eigenvalue weighted by Gasteiger charge is 2.11. The normalized spacial score (nSPS) is 12.7. The van der Waals surface area contributed by atoms with E-state index in [0.717, 1.165) is 6.54 Å². The maximum atomic E-state index is 13.7. The summed E-state index contributed by atoms with van der Waals surface area (Å²) in [5.41, 5.74) is 0.255. The Hall–Kier alpha value is -1.95. The minimum absolute atomic E-state index is 0.222. The zero-order valence-electron chi connectivity index (χ0n) is 12.5. The molecule has 0 aliphatic carbocycles. The van der Waals surface area contributed by atoms with Gasteiger partial charge in [-0.05, 0) is 25.0 Å². The Kier molecular flexibility index (Phi) is 4.90. The molecular weight excluding hydrogens is 273 g/mol. The van der Waals surface area contributed by atoms with Crippen molar-refractivity contribution in [3.63, 3.8) is 0 Å². The molecule has 0 spiro atoms. The summed E-state index contributed by atoms with van der Waals surface area (Å²) in [7, 11) is 0. The standard InChI is InChI=1S/C15H20FN3O2/c1-10(2)7-19-15(17-9-18-19)8-21-12-4-5-13(11(3)20)14(16)6-12/h4-6,9-11,20H,7-8H2,1-3H3. The lowest BCUT2D eigenvalue weighted by molar-refractivity contribution is 0.193. The largest absolute Gasteiger partial charge is 0.486 e. The lowest BCUT2D eigenvalue weighted by Crippen LogP contribution is -2.12. The van der Waals surface area contributed by atoms with E-state index >= 15 is 0 Å². The summed E-state index contributed by atoms with van der Waals surface area (Å²) in [5, 5.41) is 13.5. The predicted molar refractivity (Wildman–Crippen MR) is 76.2 cm³/mol. The van der Waals surface area contributed by atoms with Crippen LogP contribution in [0, 0.1) is 11.7 Å². The van der Waals surface area contributed by atoms with E-state index in [1.165, 1.54) is 25.4 Å². The summed E-state index contributed by atoms with van der Waals surface area (Å²) in [6.45, 7) is 6.69. The molecule has 5 nitrogen and oxygen atoms in total. The summed E-state index contributed by atoms with van der Waals surface area (Å²) in [5.74, 6) is 1.07. The number of aliphatic hydroxyl groups is 1. The monoisotopic (exact) mass is 293 g/mol. The van der Waals surface area contributed by atoms with Gasteiger partial charge in [-0.15, -0.1) is 0 Å². The topological polar surface area (TPSA) is 60.2 Å². The van der Waals surface area contributed by atoms with Crippen molar-refractivity contribution in [3.05, 3.63) is 41.7 Å². The Labute approximate surface area is 123 Å². The van der Waals surface area contributed by atoms with Gasteiger partial charge in [0, 0.05) is 18.2 Å². The van der Waals surface area contributed by atoms with Gasteiger partial charge in [0.15, 0.2) is 5.82 Å². The Morgan fingerprint density at radius 1 is 1.33 bits per heavy atom. The molecule has 0 aliphatic heterocycles. The van der Waals surface area contributed by atoms with Gasteiger partial charge in [-0.1, -0.05) is 13.8 Å². The maximum Gasteiger partial charge on any atom is 0.164 e. The minimum Gasteiger partial charge on any atom is -0.486 e. The summed E-state index contributed by atoms with van der Waals surface area (Å²) in [4.78, 5) is 4.15. The summed E-state index contributed by atoms with van der Waals surface area (Å²) in [6, 6.07) is 4.42. The molecule has 0 aliphatic rings. The van der Waals surface area contributed by atoms with E-state index < -0.39 is 11.9 Å². The van der Waals surface area contributed by atoms with Crippen LogP contribution in [0.15, 0.2) is 24.5 Å². The average Bonchev–Trinajstić information content (AvgIpc) is 2.82. The van der Waals surface area contributed by atoms with Crippen molar-refractivity contribution in [2.24, 2.45) is 5.92 Å². The second-order valence-corrected chi connectivity index (χ2v) is 5.40. The molecule has 21 heavy (non-hydrogen) atoms. The van der Waals surface area contributed by atoms with Gasteiger partial charge in [0.1, 0.15) is 24.5 Å². The van der Waals surface area contributed by atoms with Gasteiger partial charge in [0.05, 0.1) is 6.10 Å². The van der Waals surface area contributed by atoms with Crippen molar-refractivity contribution >= 4 is 0 Å². The predicted octanol–water partition coefficient (Wildman–Crippen LogP) is 2.71. The van der Waals surface area contributed by atoms with Crippen LogP contribution in [-0.2, 0) is 13.2 Å². The highest BCUT2D eigenvalue weighted by Crippen LogP contribution is 2.22. The molecule has 0 saturated carbocycles. The van der Waals surface area contributed by atoms with Crippen LogP contribution < -0.4 is 4.74 Å². The number of rotatable bonds is 6. The van der Waals surface area contributed by atoms with Gasteiger partial charge >= 0.3 is 0 Å². The number of nitrogens with zero attached hydrogens (tertiary/aromatic N) is 3. The van der Waals surface area contributed by atoms with E-state index in [2.05, 4.69) is 23.9 Å². The van der Waals surface area contributed by atoms with Crippen molar-refractivity contribution in [1.29, 1.82) is 0 Å². The molecule has 2 aromatic rings. The van der Waals surface area contributed by atoms with Gasteiger partial charge < -0.3 is 9.84 Å².